The van der Waals surface area contributed by atoms with Crippen LogP contribution in [0.25, 0.3) is 0 Å². The van der Waals surface area contributed by atoms with Crippen LogP contribution in [0.3, 0.4) is 0 Å². The Hall–Kier alpha value is -1.39. The molecular weight excluding hydrogens is 228 g/mol. The number of rotatable bonds is 6. The van der Waals surface area contributed by atoms with Gasteiger partial charge in [-0.15, -0.1) is 0 Å². The van der Waals surface area contributed by atoms with Crippen LogP contribution in [-0.4, -0.2) is 31.7 Å². The second-order valence-electron chi connectivity index (χ2n) is 4.88. The summed E-state index contributed by atoms with van der Waals surface area (Å²) in [5, 5.41) is 2.85. The summed E-state index contributed by atoms with van der Waals surface area (Å²) in [4.78, 5) is 11.9. The van der Waals surface area contributed by atoms with E-state index >= 15 is 0 Å². The zero-order valence-corrected chi connectivity index (χ0v) is 11.3. The molecule has 18 heavy (non-hydrogen) atoms. The quantitative estimate of drug-likeness (QED) is 0.801. The lowest BCUT2D eigenvalue weighted by Gasteiger charge is -2.23. The minimum Gasteiger partial charge on any atom is -0.377 e. The molecule has 0 unspecified atom stereocenters. The number of benzene rings is 1. The Morgan fingerprint density at radius 1 is 1.33 bits per heavy atom. The SMILES string of the molecule is COC(C)(C)CNC(=O)c1ccc(CCN)cc1. The van der Waals surface area contributed by atoms with Crippen molar-refractivity contribution in [3.05, 3.63) is 35.4 Å². The van der Waals surface area contributed by atoms with Crippen molar-refractivity contribution >= 4 is 5.91 Å². The summed E-state index contributed by atoms with van der Waals surface area (Å²) in [5.41, 5.74) is 6.92. The summed E-state index contributed by atoms with van der Waals surface area (Å²) >= 11 is 0. The molecule has 0 radical (unpaired) electrons. The molecule has 0 aliphatic carbocycles. The molecule has 1 amide bonds. The number of hydrogen-bond donors (Lipinski definition) is 2. The van der Waals surface area contributed by atoms with Crippen molar-refractivity contribution in [1.82, 2.24) is 5.32 Å². The minimum atomic E-state index is -0.352. The Balaban J connectivity index is 2.56. The van der Waals surface area contributed by atoms with E-state index < -0.39 is 0 Å². The van der Waals surface area contributed by atoms with Gasteiger partial charge in [-0.05, 0) is 44.5 Å². The number of ether oxygens (including phenoxy) is 1. The molecule has 1 aromatic rings. The van der Waals surface area contributed by atoms with Gasteiger partial charge < -0.3 is 15.8 Å². The van der Waals surface area contributed by atoms with Gasteiger partial charge in [-0.1, -0.05) is 12.1 Å². The maximum atomic E-state index is 11.9. The number of hydrogen-bond acceptors (Lipinski definition) is 3. The summed E-state index contributed by atoms with van der Waals surface area (Å²) in [6, 6.07) is 7.51. The van der Waals surface area contributed by atoms with Gasteiger partial charge in [-0.2, -0.15) is 0 Å². The zero-order valence-electron chi connectivity index (χ0n) is 11.3. The molecule has 0 bridgehead atoms. The van der Waals surface area contributed by atoms with E-state index in [9.17, 15) is 4.79 Å². The molecule has 0 aliphatic heterocycles. The van der Waals surface area contributed by atoms with Crippen LogP contribution < -0.4 is 11.1 Å². The van der Waals surface area contributed by atoms with Gasteiger partial charge in [0.15, 0.2) is 0 Å². The molecule has 3 N–H and O–H groups in total. The predicted molar refractivity (Wildman–Crippen MR) is 72.6 cm³/mol. The maximum absolute atomic E-state index is 11.9. The lowest BCUT2D eigenvalue weighted by Crippen LogP contribution is -2.39. The van der Waals surface area contributed by atoms with Gasteiger partial charge in [0.25, 0.3) is 5.91 Å². The van der Waals surface area contributed by atoms with Crippen LogP contribution in [0.4, 0.5) is 0 Å². The number of amides is 1. The van der Waals surface area contributed by atoms with Gasteiger partial charge in [0, 0.05) is 19.2 Å². The van der Waals surface area contributed by atoms with E-state index in [0.717, 1.165) is 12.0 Å². The van der Waals surface area contributed by atoms with E-state index in [4.69, 9.17) is 10.5 Å². The highest BCUT2D eigenvalue weighted by atomic mass is 16.5. The van der Waals surface area contributed by atoms with Gasteiger partial charge in [-0.25, -0.2) is 0 Å². The Kier molecular flexibility index (Phi) is 5.31. The van der Waals surface area contributed by atoms with Crippen molar-refractivity contribution in [2.45, 2.75) is 25.9 Å². The normalized spacial score (nSPS) is 11.3. The lowest BCUT2D eigenvalue weighted by atomic mass is 10.1. The minimum absolute atomic E-state index is 0.0839. The van der Waals surface area contributed by atoms with Crippen molar-refractivity contribution in [2.24, 2.45) is 5.73 Å². The van der Waals surface area contributed by atoms with Gasteiger partial charge >= 0.3 is 0 Å². The molecule has 0 saturated heterocycles. The molecule has 0 saturated carbocycles. The largest absolute Gasteiger partial charge is 0.377 e. The Morgan fingerprint density at radius 3 is 2.44 bits per heavy atom. The predicted octanol–water partition coefficient (Wildman–Crippen LogP) is 1.34. The van der Waals surface area contributed by atoms with Crippen molar-refractivity contribution in [3.63, 3.8) is 0 Å². The Bertz CT molecular complexity index is 385. The van der Waals surface area contributed by atoms with Crippen molar-refractivity contribution in [1.29, 1.82) is 0 Å². The van der Waals surface area contributed by atoms with Crippen molar-refractivity contribution < 1.29 is 9.53 Å². The fraction of sp³-hybridized carbons (Fsp3) is 0.500. The second-order valence-corrected chi connectivity index (χ2v) is 4.88. The van der Waals surface area contributed by atoms with E-state index in [1.165, 1.54) is 0 Å². The van der Waals surface area contributed by atoms with Gasteiger partial charge in [0.2, 0.25) is 0 Å². The van der Waals surface area contributed by atoms with Crippen LogP contribution in [0.15, 0.2) is 24.3 Å². The number of carbonyl (C=O) groups is 1. The molecule has 1 aromatic carbocycles. The van der Waals surface area contributed by atoms with E-state index in [0.29, 0.717) is 18.7 Å². The molecule has 0 aromatic heterocycles. The first-order valence-electron chi connectivity index (χ1n) is 6.11. The molecule has 0 heterocycles. The lowest BCUT2D eigenvalue weighted by molar-refractivity contribution is 0.0229. The molecule has 0 spiro atoms. The first-order chi connectivity index (χ1) is 8.48. The summed E-state index contributed by atoms with van der Waals surface area (Å²) in [5.74, 6) is -0.0839. The molecule has 0 atom stereocenters. The van der Waals surface area contributed by atoms with Crippen LogP contribution in [0.1, 0.15) is 29.8 Å². The molecular formula is C14H22N2O2. The summed E-state index contributed by atoms with van der Waals surface area (Å²) in [7, 11) is 1.63. The topological polar surface area (TPSA) is 64.3 Å². The number of nitrogens with one attached hydrogen (secondary N) is 1. The zero-order chi connectivity index (χ0) is 13.6. The molecule has 100 valence electrons. The van der Waals surface area contributed by atoms with Crippen molar-refractivity contribution in [2.75, 3.05) is 20.2 Å². The fourth-order valence-electron chi connectivity index (χ4n) is 1.46. The molecule has 4 heteroatoms. The number of carbonyl (C=O) groups excluding carboxylic acids is 1. The molecule has 0 aliphatic rings. The van der Waals surface area contributed by atoms with Crippen LogP contribution in [0, 0.1) is 0 Å². The fourth-order valence-corrected chi connectivity index (χ4v) is 1.46. The van der Waals surface area contributed by atoms with Gasteiger partial charge in [-0.3, -0.25) is 4.79 Å². The Morgan fingerprint density at radius 2 is 1.94 bits per heavy atom. The first-order valence-corrected chi connectivity index (χ1v) is 6.11. The van der Waals surface area contributed by atoms with E-state index in [1.807, 2.05) is 38.1 Å². The van der Waals surface area contributed by atoms with E-state index in [1.54, 1.807) is 7.11 Å². The third-order valence-corrected chi connectivity index (χ3v) is 2.88. The highest BCUT2D eigenvalue weighted by Crippen LogP contribution is 2.07. The summed E-state index contributed by atoms with van der Waals surface area (Å²) in [6.07, 6.45) is 0.832. The van der Waals surface area contributed by atoms with Crippen LogP contribution >= 0.6 is 0 Å². The van der Waals surface area contributed by atoms with Gasteiger partial charge in [0.1, 0.15) is 0 Å². The van der Waals surface area contributed by atoms with E-state index in [2.05, 4.69) is 5.32 Å². The number of nitrogens with two attached hydrogens (primary N) is 1. The third kappa shape index (κ3) is 4.47. The highest BCUT2D eigenvalue weighted by Gasteiger charge is 2.17. The first kappa shape index (κ1) is 14.7. The molecule has 4 nitrogen and oxygen atoms in total. The molecule has 0 fully saturated rings. The average molecular weight is 250 g/mol. The second kappa shape index (κ2) is 6.52. The average Bonchev–Trinajstić information content (AvgIpc) is 2.37. The standard InChI is InChI=1S/C14H22N2O2/c1-14(2,18-3)10-16-13(17)12-6-4-11(5-7-12)8-9-15/h4-7H,8-10,15H2,1-3H3,(H,16,17). The smallest absolute Gasteiger partial charge is 0.251 e. The van der Waals surface area contributed by atoms with Crippen LogP contribution in [-0.2, 0) is 11.2 Å². The van der Waals surface area contributed by atoms with E-state index in [-0.39, 0.29) is 11.5 Å². The summed E-state index contributed by atoms with van der Waals surface area (Å²) < 4.78 is 5.25. The third-order valence-electron chi connectivity index (χ3n) is 2.88. The summed E-state index contributed by atoms with van der Waals surface area (Å²) in [6.45, 7) is 4.95. The van der Waals surface area contributed by atoms with Gasteiger partial charge in [0.05, 0.1) is 5.60 Å². The maximum Gasteiger partial charge on any atom is 0.251 e. The monoisotopic (exact) mass is 250 g/mol. The number of methoxy groups -OCH3 is 1. The molecule has 1 rings (SSSR count). The highest BCUT2D eigenvalue weighted by molar-refractivity contribution is 5.94. The van der Waals surface area contributed by atoms with Crippen LogP contribution in [0.5, 0.6) is 0 Å². The van der Waals surface area contributed by atoms with Crippen LogP contribution in [0.2, 0.25) is 0 Å². The van der Waals surface area contributed by atoms with Crippen molar-refractivity contribution in [3.8, 4) is 0 Å². The Labute approximate surface area is 109 Å².